The maximum Gasteiger partial charge on any atom is 0.333 e. The van der Waals surface area contributed by atoms with Crippen LogP contribution in [0.3, 0.4) is 0 Å². The van der Waals surface area contributed by atoms with Crippen LogP contribution in [0.25, 0.3) is 0 Å². The van der Waals surface area contributed by atoms with Crippen molar-refractivity contribution < 1.29 is 9.53 Å². The highest BCUT2D eigenvalue weighted by Gasteiger charge is 2.19. The number of esters is 1. The van der Waals surface area contributed by atoms with Crippen molar-refractivity contribution in [3.63, 3.8) is 0 Å². The Morgan fingerprint density at radius 1 is 0.909 bits per heavy atom. The van der Waals surface area contributed by atoms with Gasteiger partial charge in [-0.25, -0.2) is 4.79 Å². The number of hydrogen-bond donors (Lipinski definition) is 0. The molecule has 0 N–H and O–H groups in total. The summed E-state index contributed by atoms with van der Waals surface area (Å²) in [6.45, 7) is 13.1. The molecule has 0 aliphatic carbocycles. The molecule has 0 rings (SSSR count). The third-order valence-corrected chi connectivity index (χ3v) is 7.70. The molecule has 0 atom stereocenters. The van der Waals surface area contributed by atoms with Gasteiger partial charge in [0.25, 0.3) is 0 Å². The Labute approximate surface area is 139 Å². The lowest BCUT2D eigenvalue weighted by atomic mass is 10.1. The van der Waals surface area contributed by atoms with Gasteiger partial charge in [0.15, 0.2) is 0 Å². The van der Waals surface area contributed by atoms with Crippen LogP contribution in [0, 0.1) is 0 Å². The smallest absolute Gasteiger partial charge is 0.333 e. The molecule has 22 heavy (non-hydrogen) atoms. The molecule has 0 unspecified atom stereocenters. The summed E-state index contributed by atoms with van der Waals surface area (Å²) >= 11 is 0. The van der Waals surface area contributed by atoms with Crippen LogP contribution in [0.15, 0.2) is 12.2 Å². The minimum Gasteiger partial charge on any atom is -0.462 e. The van der Waals surface area contributed by atoms with Crippen molar-refractivity contribution >= 4 is 14.0 Å². The minimum absolute atomic E-state index is 0.248. The van der Waals surface area contributed by atoms with Gasteiger partial charge in [0.1, 0.15) is 0 Å². The van der Waals surface area contributed by atoms with Gasteiger partial charge in [-0.1, -0.05) is 90.1 Å². The Hall–Kier alpha value is -0.573. The Bertz CT molecular complexity index is 311. The molecule has 0 bridgehead atoms. The largest absolute Gasteiger partial charge is 0.462 e. The van der Waals surface area contributed by atoms with Crippen LogP contribution in [0.4, 0.5) is 0 Å². The molecule has 0 aliphatic heterocycles. The van der Waals surface area contributed by atoms with Crippen LogP contribution in [-0.2, 0) is 9.53 Å². The molecule has 3 heteroatoms. The molecule has 130 valence electrons. The van der Waals surface area contributed by atoms with Gasteiger partial charge >= 0.3 is 5.97 Å². The second-order valence-corrected chi connectivity index (χ2v) is 12.7. The number of rotatable bonds is 14. The van der Waals surface area contributed by atoms with E-state index in [1.165, 1.54) is 63.5 Å². The summed E-state index contributed by atoms with van der Waals surface area (Å²) in [7, 11) is -1.10. The van der Waals surface area contributed by atoms with Gasteiger partial charge in [0.05, 0.1) is 6.61 Å². The summed E-state index contributed by atoms with van der Waals surface area (Å²) < 4.78 is 5.17. The molecule has 0 amide bonds. The Morgan fingerprint density at radius 3 is 1.95 bits per heavy atom. The topological polar surface area (TPSA) is 26.3 Å². The lowest BCUT2D eigenvalue weighted by Crippen LogP contribution is -2.25. The Kier molecular flexibility index (Phi) is 12.6. The van der Waals surface area contributed by atoms with Crippen molar-refractivity contribution in [2.24, 2.45) is 0 Å². The predicted octanol–water partition coefficient (Wildman–Crippen LogP) is 6.34. The van der Waals surface area contributed by atoms with Crippen molar-refractivity contribution in [3.8, 4) is 0 Å². The molecular formula is C19H38O2Si. The molecule has 0 aromatic rings. The highest BCUT2D eigenvalue weighted by atomic mass is 28.3. The lowest BCUT2D eigenvalue weighted by molar-refractivity contribution is -0.138. The summed E-state index contributed by atoms with van der Waals surface area (Å²) in [5.74, 6) is -0.248. The highest BCUT2D eigenvalue weighted by molar-refractivity contribution is 6.77. The summed E-state index contributed by atoms with van der Waals surface area (Å²) in [5, 5.41) is 0. The van der Waals surface area contributed by atoms with E-state index in [2.05, 4.69) is 26.6 Å². The fraction of sp³-hybridized carbons (Fsp3) is 0.842. The van der Waals surface area contributed by atoms with E-state index in [1.54, 1.807) is 6.92 Å². The predicted molar refractivity (Wildman–Crippen MR) is 100 cm³/mol. The first-order chi connectivity index (χ1) is 10.4. The average Bonchev–Trinajstić information content (AvgIpc) is 2.46. The lowest BCUT2D eigenvalue weighted by Gasteiger charge is -2.22. The molecule has 0 heterocycles. The van der Waals surface area contributed by atoms with E-state index < -0.39 is 8.07 Å². The number of ether oxygens (including phenoxy) is 1. The van der Waals surface area contributed by atoms with Gasteiger partial charge in [0.2, 0.25) is 0 Å². The van der Waals surface area contributed by atoms with Gasteiger partial charge in [-0.15, -0.1) is 0 Å². The molecule has 2 nitrogen and oxygen atoms in total. The average molecular weight is 327 g/mol. The van der Waals surface area contributed by atoms with Crippen molar-refractivity contribution in [1.29, 1.82) is 0 Å². The van der Waals surface area contributed by atoms with Crippen molar-refractivity contribution in [3.05, 3.63) is 12.2 Å². The third kappa shape index (κ3) is 13.1. The van der Waals surface area contributed by atoms with Crippen LogP contribution in [-0.4, -0.2) is 20.7 Å². The summed E-state index contributed by atoms with van der Waals surface area (Å²) in [6, 6.07) is 2.67. The normalized spacial score (nSPS) is 11.5. The number of carbonyl (C=O) groups excluding carboxylic acids is 1. The molecule has 0 saturated heterocycles. The SMILES string of the molecule is C=C(C)C(=O)OCCC[Si](C)(C)CCCCCCCCCC. The number of carbonyl (C=O) groups is 1. The second kappa shape index (κ2) is 12.9. The molecule has 0 fully saturated rings. The van der Waals surface area contributed by atoms with E-state index in [1.807, 2.05) is 0 Å². The standard InChI is InChI=1S/C19H38O2Si/c1-6-7-8-9-10-11-12-13-16-22(4,5)17-14-15-21-19(20)18(2)3/h2,6-17H2,1,3-5H3. The van der Waals surface area contributed by atoms with Crippen LogP contribution in [0.5, 0.6) is 0 Å². The molecule has 0 aromatic carbocycles. The van der Waals surface area contributed by atoms with E-state index >= 15 is 0 Å². The maximum absolute atomic E-state index is 11.3. The molecule has 0 aliphatic rings. The van der Waals surface area contributed by atoms with Crippen molar-refractivity contribution in [2.75, 3.05) is 6.61 Å². The summed E-state index contributed by atoms with van der Waals surface area (Å²) in [5.41, 5.74) is 0.496. The second-order valence-electron chi connectivity index (χ2n) is 7.41. The quantitative estimate of drug-likeness (QED) is 0.161. The van der Waals surface area contributed by atoms with E-state index in [4.69, 9.17) is 4.74 Å². The maximum atomic E-state index is 11.3. The molecule has 0 saturated carbocycles. The first kappa shape index (κ1) is 21.4. The number of hydrogen-bond acceptors (Lipinski definition) is 2. The zero-order valence-electron chi connectivity index (χ0n) is 15.5. The Balaban J connectivity index is 3.52. The van der Waals surface area contributed by atoms with Gasteiger partial charge in [-0.3, -0.25) is 0 Å². The fourth-order valence-electron chi connectivity index (χ4n) is 2.70. The van der Waals surface area contributed by atoms with Crippen LogP contribution in [0.2, 0.25) is 25.2 Å². The Morgan fingerprint density at radius 2 is 1.41 bits per heavy atom. The third-order valence-electron chi connectivity index (χ3n) is 4.29. The molecule has 0 aromatic heterocycles. The fourth-order valence-corrected chi connectivity index (χ4v) is 5.26. The molecule has 0 spiro atoms. The van der Waals surface area contributed by atoms with Crippen molar-refractivity contribution in [1.82, 2.24) is 0 Å². The molecule has 0 radical (unpaired) electrons. The van der Waals surface area contributed by atoms with Crippen LogP contribution >= 0.6 is 0 Å². The highest BCUT2D eigenvalue weighted by Crippen LogP contribution is 2.21. The summed E-state index contributed by atoms with van der Waals surface area (Å²) in [6.07, 6.45) is 12.2. The van der Waals surface area contributed by atoms with Crippen molar-refractivity contribution in [2.45, 2.75) is 96.8 Å². The zero-order valence-corrected chi connectivity index (χ0v) is 16.5. The van der Waals surface area contributed by atoms with Crippen LogP contribution < -0.4 is 0 Å². The van der Waals surface area contributed by atoms with Gasteiger partial charge in [-0.05, 0) is 13.3 Å². The summed E-state index contributed by atoms with van der Waals surface area (Å²) in [4.78, 5) is 11.3. The monoisotopic (exact) mass is 326 g/mol. The van der Waals surface area contributed by atoms with Crippen LogP contribution in [0.1, 0.15) is 71.6 Å². The van der Waals surface area contributed by atoms with Gasteiger partial charge < -0.3 is 4.74 Å². The van der Waals surface area contributed by atoms with E-state index in [9.17, 15) is 4.79 Å². The molecular weight excluding hydrogens is 288 g/mol. The van der Waals surface area contributed by atoms with Gasteiger partial charge in [-0.2, -0.15) is 0 Å². The first-order valence-electron chi connectivity index (χ1n) is 9.21. The van der Waals surface area contributed by atoms with Gasteiger partial charge in [0, 0.05) is 13.6 Å². The zero-order chi connectivity index (χ0) is 16.8. The number of unbranched alkanes of at least 4 members (excludes halogenated alkanes) is 7. The first-order valence-corrected chi connectivity index (χ1v) is 12.6. The van der Waals surface area contributed by atoms with E-state index in [0.29, 0.717) is 12.2 Å². The van der Waals surface area contributed by atoms with E-state index in [-0.39, 0.29) is 5.97 Å². The minimum atomic E-state index is -1.10. The van der Waals surface area contributed by atoms with E-state index in [0.717, 1.165) is 6.42 Å².